The highest BCUT2D eigenvalue weighted by Gasteiger charge is 2.44. The van der Waals surface area contributed by atoms with E-state index in [0.717, 1.165) is 17.9 Å². The summed E-state index contributed by atoms with van der Waals surface area (Å²) in [5.41, 5.74) is 2.36. The molecule has 0 amide bonds. The van der Waals surface area contributed by atoms with Crippen LogP contribution in [0.25, 0.3) is 0 Å². The van der Waals surface area contributed by atoms with E-state index in [1.54, 1.807) is 0 Å². The molecule has 1 aromatic rings. The number of hydrogen-bond acceptors (Lipinski definition) is 5. The second-order valence-corrected chi connectivity index (χ2v) is 8.74. The van der Waals surface area contributed by atoms with E-state index in [1.807, 2.05) is 54.7 Å². The van der Waals surface area contributed by atoms with Crippen LogP contribution in [0.1, 0.15) is 18.9 Å². The van der Waals surface area contributed by atoms with Crippen LogP contribution in [0, 0.1) is 0 Å². The number of esters is 1. The zero-order chi connectivity index (χ0) is 16.8. The van der Waals surface area contributed by atoms with Crippen LogP contribution in [0.5, 0.6) is 0 Å². The van der Waals surface area contributed by atoms with Crippen molar-refractivity contribution >= 4 is 29.5 Å². The first-order valence-corrected chi connectivity index (χ1v) is 10.2. The molecular weight excluding hydrogens is 340 g/mol. The van der Waals surface area contributed by atoms with Gasteiger partial charge in [0.15, 0.2) is 0 Å². The van der Waals surface area contributed by atoms with Crippen LogP contribution >= 0.6 is 23.5 Å². The third kappa shape index (κ3) is 4.26. The molecule has 128 valence electrons. The first-order valence-electron chi connectivity index (χ1n) is 8.22. The maximum Gasteiger partial charge on any atom is 0.330 e. The van der Waals surface area contributed by atoms with Gasteiger partial charge in [0.1, 0.15) is 0 Å². The monoisotopic (exact) mass is 362 g/mol. The number of benzene rings is 1. The third-order valence-corrected chi connectivity index (χ3v) is 7.54. The van der Waals surface area contributed by atoms with Crippen LogP contribution in [0.3, 0.4) is 0 Å². The van der Waals surface area contributed by atoms with E-state index >= 15 is 0 Å². The molecule has 0 N–H and O–H groups in total. The van der Waals surface area contributed by atoms with Gasteiger partial charge in [-0.25, -0.2) is 4.79 Å². The van der Waals surface area contributed by atoms with Gasteiger partial charge in [-0.3, -0.25) is 0 Å². The number of carbonyl (C=O) groups excluding carboxylic acids is 1. The van der Waals surface area contributed by atoms with Gasteiger partial charge in [-0.1, -0.05) is 36.4 Å². The molecule has 0 unspecified atom stereocenters. The Bertz CT molecular complexity index is 619. The summed E-state index contributed by atoms with van der Waals surface area (Å²) in [5, 5.41) is 0. The molecule has 0 radical (unpaired) electrons. The Morgan fingerprint density at radius 3 is 2.75 bits per heavy atom. The Balaban J connectivity index is 1.67. The molecule has 5 heteroatoms. The average molecular weight is 363 g/mol. The normalized spacial score (nSPS) is 22.2. The molecule has 1 aliphatic heterocycles. The molecule has 0 saturated carbocycles. The molecular formula is C19H22O3S2. The summed E-state index contributed by atoms with van der Waals surface area (Å²) in [7, 11) is 0. The number of thioether (sulfide) groups is 2. The number of allylic oxidation sites excluding steroid dienone is 1. The minimum Gasteiger partial charge on any atom is -0.463 e. The van der Waals surface area contributed by atoms with Crippen LogP contribution in [0.2, 0.25) is 0 Å². The summed E-state index contributed by atoms with van der Waals surface area (Å²) in [4.78, 5) is 11.6. The van der Waals surface area contributed by atoms with Crippen LogP contribution < -0.4 is 0 Å². The molecule has 0 bridgehead atoms. The molecule has 1 spiro atoms. The first kappa shape index (κ1) is 17.6. The predicted octanol–water partition coefficient (Wildman–Crippen LogP) is 4.20. The highest BCUT2D eigenvalue weighted by Crippen LogP contribution is 2.56. The van der Waals surface area contributed by atoms with Crippen LogP contribution in [0.15, 0.2) is 54.1 Å². The number of hydrogen-bond donors (Lipinski definition) is 0. The van der Waals surface area contributed by atoms with Crippen molar-refractivity contribution in [2.75, 3.05) is 18.1 Å². The van der Waals surface area contributed by atoms with Crippen molar-refractivity contribution in [1.82, 2.24) is 0 Å². The average Bonchev–Trinajstić information content (AvgIpc) is 3.20. The Labute approximate surface area is 151 Å². The molecule has 2 aliphatic rings. The minimum absolute atomic E-state index is 0.0321. The van der Waals surface area contributed by atoms with Crippen molar-refractivity contribution in [2.45, 2.75) is 30.1 Å². The molecule has 1 heterocycles. The fraction of sp³-hybridized carbons (Fsp3) is 0.421. The summed E-state index contributed by atoms with van der Waals surface area (Å²) in [5.74, 6) is 2.00. The molecule has 1 aromatic carbocycles. The molecule has 24 heavy (non-hydrogen) atoms. The van der Waals surface area contributed by atoms with Crippen molar-refractivity contribution < 1.29 is 14.3 Å². The summed E-state index contributed by atoms with van der Waals surface area (Å²) in [6.45, 7) is 2.83. The SMILES string of the molecule is CCOC(=O)/C=C/C1=C[C@H](OCc2ccccc2)CC12SCCS2. The summed E-state index contributed by atoms with van der Waals surface area (Å²) in [6, 6.07) is 10.2. The Morgan fingerprint density at radius 2 is 2.04 bits per heavy atom. The van der Waals surface area contributed by atoms with E-state index in [2.05, 4.69) is 18.2 Å². The van der Waals surface area contributed by atoms with E-state index in [1.165, 1.54) is 17.2 Å². The molecule has 3 rings (SSSR count). The second kappa shape index (κ2) is 8.28. The van der Waals surface area contributed by atoms with Crippen LogP contribution in [-0.2, 0) is 20.9 Å². The standard InChI is InChI=1S/C19H22O3S2/c1-2-21-18(20)9-8-16-12-17(13-19(16)23-10-11-24-19)22-14-15-6-4-3-5-7-15/h3-9,12,17H,2,10-11,13-14H2,1H3/b9-8+/t17-/m0/s1. The van der Waals surface area contributed by atoms with E-state index in [4.69, 9.17) is 9.47 Å². The lowest BCUT2D eigenvalue weighted by molar-refractivity contribution is -0.137. The lowest BCUT2D eigenvalue weighted by Crippen LogP contribution is -2.19. The maximum atomic E-state index is 11.6. The van der Waals surface area contributed by atoms with Gasteiger partial charge in [0.05, 0.1) is 23.4 Å². The summed E-state index contributed by atoms with van der Waals surface area (Å²) in [6.07, 6.45) is 6.66. The largest absolute Gasteiger partial charge is 0.463 e. The molecule has 3 nitrogen and oxygen atoms in total. The highest BCUT2D eigenvalue weighted by atomic mass is 32.2. The lowest BCUT2D eigenvalue weighted by Gasteiger charge is -2.24. The van der Waals surface area contributed by atoms with Crippen molar-refractivity contribution in [2.24, 2.45) is 0 Å². The molecule has 1 atom stereocenters. The van der Waals surface area contributed by atoms with Crippen molar-refractivity contribution in [3.05, 3.63) is 59.7 Å². The molecule has 0 aromatic heterocycles. The Kier molecular flexibility index (Phi) is 6.09. The highest BCUT2D eigenvalue weighted by molar-refractivity contribution is 8.21. The smallest absolute Gasteiger partial charge is 0.330 e. The number of carbonyl (C=O) groups is 1. The fourth-order valence-electron chi connectivity index (χ4n) is 2.92. The third-order valence-electron chi connectivity index (χ3n) is 4.02. The zero-order valence-corrected chi connectivity index (χ0v) is 15.4. The maximum absolute atomic E-state index is 11.6. The van der Waals surface area contributed by atoms with Gasteiger partial charge in [0.2, 0.25) is 0 Å². The fourth-order valence-corrected chi connectivity index (χ4v) is 6.25. The van der Waals surface area contributed by atoms with E-state index < -0.39 is 0 Å². The van der Waals surface area contributed by atoms with Gasteiger partial charge in [-0.05, 0) is 24.1 Å². The Hall–Kier alpha value is -1.17. The van der Waals surface area contributed by atoms with E-state index in [-0.39, 0.29) is 16.2 Å². The van der Waals surface area contributed by atoms with Crippen molar-refractivity contribution in [3.63, 3.8) is 0 Å². The lowest BCUT2D eigenvalue weighted by atomic mass is 10.2. The second-order valence-electron chi connectivity index (χ2n) is 5.70. The minimum atomic E-state index is -0.282. The van der Waals surface area contributed by atoms with Gasteiger partial charge < -0.3 is 9.47 Å². The van der Waals surface area contributed by atoms with Gasteiger partial charge in [-0.2, -0.15) is 0 Å². The van der Waals surface area contributed by atoms with Crippen molar-refractivity contribution in [1.29, 1.82) is 0 Å². The van der Waals surface area contributed by atoms with Crippen LogP contribution in [0.4, 0.5) is 0 Å². The van der Waals surface area contributed by atoms with Gasteiger partial charge in [-0.15, -0.1) is 23.5 Å². The van der Waals surface area contributed by atoms with Crippen LogP contribution in [-0.4, -0.2) is 34.3 Å². The summed E-state index contributed by atoms with van der Waals surface area (Å²) < 4.78 is 11.1. The molecule has 1 fully saturated rings. The first-order chi connectivity index (χ1) is 11.7. The van der Waals surface area contributed by atoms with Gasteiger partial charge >= 0.3 is 5.97 Å². The number of ether oxygens (including phenoxy) is 2. The predicted molar refractivity (Wildman–Crippen MR) is 101 cm³/mol. The van der Waals surface area contributed by atoms with Gasteiger partial charge in [0, 0.05) is 24.0 Å². The van der Waals surface area contributed by atoms with Crippen molar-refractivity contribution in [3.8, 4) is 0 Å². The van der Waals surface area contributed by atoms with E-state index in [0.29, 0.717) is 13.2 Å². The topological polar surface area (TPSA) is 35.5 Å². The van der Waals surface area contributed by atoms with E-state index in [9.17, 15) is 4.79 Å². The molecule has 1 aliphatic carbocycles. The number of rotatable bonds is 6. The quantitative estimate of drug-likeness (QED) is 0.560. The summed E-state index contributed by atoms with van der Waals surface area (Å²) >= 11 is 3.92. The van der Waals surface area contributed by atoms with Gasteiger partial charge in [0.25, 0.3) is 0 Å². The molecule has 1 saturated heterocycles. The Morgan fingerprint density at radius 1 is 1.29 bits per heavy atom. The zero-order valence-electron chi connectivity index (χ0n) is 13.8.